The van der Waals surface area contributed by atoms with E-state index in [-0.39, 0.29) is 0 Å². The second-order valence-corrected chi connectivity index (χ2v) is 4.64. The van der Waals surface area contributed by atoms with E-state index in [1.54, 1.807) is 0 Å². The first-order valence-electron chi connectivity index (χ1n) is 5.99. The van der Waals surface area contributed by atoms with Gasteiger partial charge in [0.2, 0.25) is 0 Å². The molecule has 0 bridgehead atoms. The van der Waals surface area contributed by atoms with Crippen LogP contribution in [0.2, 0.25) is 0 Å². The van der Waals surface area contributed by atoms with Crippen molar-refractivity contribution in [2.24, 2.45) is 5.92 Å². The van der Waals surface area contributed by atoms with Crippen LogP contribution in [0, 0.1) is 5.92 Å². The van der Waals surface area contributed by atoms with Crippen LogP contribution < -0.4 is 0 Å². The van der Waals surface area contributed by atoms with Crippen molar-refractivity contribution in [2.45, 2.75) is 6.42 Å². The molecule has 2 aliphatic carbocycles. The highest BCUT2D eigenvalue weighted by Gasteiger charge is 2.23. The lowest BCUT2D eigenvalue weighted by Crippen LogP contribution is -2.10. The highest BCUT2D eigenvalue weighted by atomic mass is 16.3. The van der Waals surface area contributed by atoms with Crippen molar-refractivity contribution in [2.75, 3.05) is 0 Å². The third kappa shape index (κ3) is 1.26. The van der Waals surface area contributed by atoms with Gasteiger partial charge in [-0.15, -0.1) is 0 Å². The predicted octanol–water partition coefficient (Wildman–Crippen LogP) is 4.11. The van der Waals surface area contributed by atoms with E-state index in [0.717, 1.165) is 17.8 Å². The Balaban J connectivity index is 1.99. The zero-order chi connectivity index (χ0) is 11.2. The summed E-state index contributed by atoms with van der Waals surface area (Å²) in [5.74, 6) is 1.56. The Labute approximate surface area is 99.7 Å². The molecule has 0 saturated heterocycles. The number of allylic oxidation sites excluding steroid dienone is 5. The van der Waals surface area contributed by atoms with Crippen LogP contribution in [0.5, 0.6) is 0 Å². The SMILES string of the molecule is C1=CC2=Cc3oc4ccccc4c3CC2C=C1. The number of benzene rings is 1. The van der Waals surface area contributed by atoms with Gasteiger partial charge in [0.1, 0.15) is 11.3 Å². The Morgan fingerprint density at radius 2 is 2.06 bits per heavy atom. The van der Waals surface area contributed by atoms with Crippen LogP contribution >= 0.6 is 0 Å². The monoisotopic (exact) mass is 220 g/mol. The van der Waals surface area contributed by atoms with Crippen molar-refractivity contribution in [1.29, 1.82) is 0 Å². The van der Waals surface area contributed by atoms with Crippen molar-refractivity contribution in [3.63, 3.8) is 0 Å². The highest BCUT2D eigenvalue weighted by molar-refractivity contribution is 5.86. The molecule has 1 aromatic heterocycles. The molecular weight excluding hydrogens is 208 g/mol. The molecule has 17 heavy (non-hydrogen) atoms. The molecule has 0 N–H and O–H groups in total. The molecule has 0 radical (unpaired) electrons. The maximum atomic E-state index is 5.91. The van der Waals surface area contributed by atoms with Crippen LogP contribution in [-0.4, -0.2) is 0 Å². The first kappa shape index (κ1) is 9.06. The summed E-state index contributed by atoms with van der Waals surface area (Å²) in [5, 5.41) is 1.26. The van der Waals surface area contributed by atoms with Crippen molar-refractivity contribution < 1.29 is 4.42 Å². The molecule has 1 unspecified atom stereocenters. The molecule has 4 rings (SSSR count). The topological polar surface area (TPSA) is 13.1 Å². The van der Waals surface area contributed by atoms with Gasteiger partial charge in [-0.05, 0) is 24.1 Å². The number of hydrogen-bond acceptors (Lipinski definition) is 1. The first-order valence-corrected chi connectivity index (χ1v) is 5.99. The molecule has 1 aromatic carbocycles. The summed E-state index contributed by atoms with van der Waals surface area (Å²) < 4.78 is 5.91. The van der Waals surface area contributed by atoms with Crippen LogP contribution in [0.3, 0.4) is 0 Å². The summed E-state index contributed by atoms with van der Waals surface area (Å²) in [5.41, 5.74) is 3.72. The van der Waals surface area contributed by atoms with Gasteiger partial charge < -0.3 is 4.42 Å². The van der Waals surface area contributed by atoms with Gasteiger partial charge in [-0.3, -0.25) is 0 Å². The van der Waals surface area contributed by atoms with E-state index in [0.29, 0.717) is 5.92 Å². The second kappa shape index (κ2) is 3.24. The molecule has 2 aliphatic rings. The quantitative estimate of drug-likeness (QED) is 0.651. The molecule has 2 aromatic rings. The average molecular weight is 220 g/mol. The lowest BCUT2D eigenvalue weighted by atomic mass is 9.83. The normalized spacial score (nSPS) is 21.2. The van der Waals surface area contributed by atoms with E-state index in [1.165, 1.54) is 16.5 Å². The lowest BCUT2D eigenvalue weighted by molar-refractivity contribution is 0.586. The summed E-state index contributed by atoms with van der Waals surface area (Å²) in [7, 11) is 0. The van der Waals surface area contributed by atoms with Crippen LogP contribution in [0.25, 0.3) is 17.0 Å². The summed E-state index contributed by atoms with van der Waals surface area (Å²) >= 11 is 0. The van der Waals surface area contributed by atoms with Crippen LogP contribution in [-0.2, 0) is 6.42 Å². The van der Waals surface area contributed by atoms with E-state index in [1.807, 2.05) is 12.1 Å². The van der Waals surface area contributed by atoms with Crippen LogP contribution in [0.4, 0.5) is 0 Å². The number of furan rings is 1. The third-order valence-electron chi connectivity index (χ3n) is 3.62. The summed E-state index contributed by atoms with van der Waals surface area (Å²) in [6.45, 7) is 0. The van der Waals surface area contributed by atoms with Crippen molar-refractivity contribution in [1.82, 2.24) is 0 Å². The van der Waals surface area contributed by atoms with Gasteiger partial charge in [0.25, 0.3) is 0 Å². The van der Waals surface area contributed by atoms with Gasteiger partial charge in [-0.2, -0.15) is 0 Å². The van der Waals surface area contributed by atoms with Crippen LogP contribution in [0.15, 0.2) is 58.6 Å². The van der Waals surface area contributed by atoms with E-state index in [4.69, 9.17) is 4.42 Å². The molecule has 0 aliphatic heterocycles. The van der Waals surface area contributed by atoms with Gasteiger partial charge in [0.15, 0.2) is 0 Å². The predicted molar refractivity (Wildman–Crippen MR) is 69.7 cm³/mol. The van der Waals surface area contributed by atoms with E-state index < -0.39 is 0 Å². The fourth-order valence-electron chi connectivity index (χ4n) is 2.76. The minimum absolute atomic E-state index is 0.522. The van der Waals surface area contributed by atoms with E-state index >= 15 is 0 Å². The zero-order valence-corrected chi connectivity index (χ0v) is 9.39. The highest BCUT2D eigenvalue weighted by Crippen LogP contribution is 2.37. The number of rotatable bonds is 0. The summed E-state index contributed by atoms with van der Waals surface area (Å²) in [4.78, 5) is 0. The van der Waals surface area contributed by atoms with Crippen molar-refractivity contribution in [3.05, 3.63) is 65.5 Å². The molecule has 1 nitrogen and oxygen atoms in total. The Kier molecular flexibility index (Phi) is 1.72. The zero-order valence-electron chi connectivity index (χ0n) is 9.39. The Hall–Kier alpha value is -2.02. The molecule has 82 valence electrons. The Morgan fingerprint density at radius 3 is 3.06 bits per heavy atom. The van der Waals surface area contributed by atoms with Crippen LogP contribution in [0.1, 0.15) is 11.3 Å². The number of para-hydroxylation sites is 1. The number of fused-ring (bicyclic) bond motifs is 4. The van der Waals surface area contributed by atoms with E-state index in [9.17, 15) is 0 Å². The van der Waals surface area contributed by atoms with Gasteiger partial charge in [0, 0.05) is 16.9 Å². The second-order valence-electron chi connectivity index (χ2n) is 4.64. The van der Waals surface area contributed by atoms with Gasteiger partial charge in [-0.25, -0.2) is 0 Å². The molecule has 1 atom stereocenters. The molecular formula is C16H12O. The minimum Gasteiger partial charge on any atom is -0.456 e. The number of hydrogen-bond donors (Lipinski definition) is 0. The maximum Gasteiger partial charge on any atom is 0.135 e. The summed E-state index contributed by atoms with van der Waals surface area (Å²) in [6.07, 6.45) is 11.9. The fraction of sp³-hybridized carbons (Fsp3) is 0.125. The van der Waals surface area contributed by atoms with Gasteiger partial charge >= 0.3 is 0 Å². The van der Waals surface area contributed by atoms with Crippen molar-refractivity contribution in [3.8, 4) is 0 Å². The smallest absolute Gasteiger partial charge is 0.135 e. The largest absolute Gasteiger partial charge is 0.456 e. The molecule has 0 fully saturated rings. The molecule has 1 heteroatoms. The standard InChI is InChI=1S/C16H12O/c1-2-6-12-10-16-14(9-11(12)5-1)13-7-3-4-8-15(13)17-16/h1-8,10-11H,9H2. The first-order chi connectivity index (χ1) is 8.42. The summed E-state index contributed by atoms with van der Waals surface area (Å²) in [6, 6.07) is 8.30. The molecule has 0 saturated carbocycles. The van der Waals surface area contributed by atoms with E-state index in [2.05, 4.69) is 42.5 Å². The maximum absolute atomic E-state index is 5.91. The van der Waals surface area contributed by atoms with Gasteiger partial charge in [-0.1, -0.05) is 42.5 Å². The van der Waals surface area contributed by atoms with Crippen molar-refractivity contribution >= 4 is 17.0 Å². The average Bonchev–Trinajstić information content (AvgIpc) is 2.73. The third-order valence-corrected chi connectivity index (χ3v) is 3.62. The molecule has 0 amide bonds. The molecule has 1 heterocycles. The lowest BCUT2D eigenvalue weighted by Gasteiger charge is -2.20. The fourth-order valence-corrected chi connectivity index (χ4v) is 2.76. The van der Waals surface area contributed by atoms with Gasteiger partial charge in [0.05, 0.1) is 0 Å². The Morgan fingerprint density at radius 1 is 1.12 bits per heavy atom. The minimum atomic E-state index is 0.522. The Bertz CT molecular complexity index is 683. The molecule has 0 spiro atoms.